The Balaban J connectivity index is 2.68. The molecule has 0 aliphatic heterocycles. The highest BCUT2D eigenvalue weighted by atomic mass is 16.4. The Morgan fingerprint density at radius 2 is 1.69 bits per heavy atom. The molecule has 0 spiro atoms. The van der Waals surface area contributed by atoms with Gasteiger partial charge >= 0.3 is 5.97 Å². The lowest BCUT2D eigenvalue weighted by atomic mass is 9.82. The fourth-order valence-corrected chi connectivity index (χ4v) is 1.92. The first-order valence-corrected chi connectivity index (χ1v) is 5.72. The number of benzene rings is 1. The van der Waals surface area contributed by atoms with E-state index in [0.717, 1.165) is 12.8 Å². The summed E-state index contributed by atoms with van der Waals surface area (Å²) in [5.74, 6) is -0.727. The van der Waals surface area contributed by atoms with Crippen LogP contribution in [0.1, 0.15) is 38.3 Å². The number of aliphatic carboxylic acids is 1. The van der Waals surface area contributed by atoms with Crippen molar-refractivity contribution in [1.29, 1.82) is 0 Å². The summed E-state index contributed by atoms with van der Waals surface area (Å²) in [6.07, 6.45) is 2.06. The van der Waals surface area contributed by atoms with Gasteiger partial charge in [0.05, 0.1) is 6.42 Å². The molecule has 2 nitrogen and oxygen atoms in total. The molecule has 0 aromatic heterocycles. The second kappa shape index (κ2) is 5.15. The predicted molar refractivity (Wildman–Crippen MR) is 65.6 cm³/mol. The van der Waals surface area contributed by atoms with E-state index in [1.54, 1.807) is 0 Å². The van der Waals surface area contributed by atoms with E-state index in [1.807, 2.05) is 13.8 Å². The van der Waals surface area contributed by atoms with Gasteiger partial charge in [0.15, 0.2) is 0 Å². The SMILES string of the molecule is CCc1ccc(CC(C)(C)CC(=O)O)cc1. The first-order chi connectivity index (χ1) is 7.43. The van der Waals surface area contributed by atoms with E-state index in [9.17, 15) is 4.79 Å². The Bertz CT molecular complexity index is 350. The summed E-state index contributed by atoms with van der Waals surface area (Å²) < 4.78 is 0. The number of aryl methyl sites for hydroxylation is 1. The van der Waals surface area contributed by atoms with Gasteiger partial charge in [0, 0.05) is 0 Å². The third-order valence-corrected chi connectivity index (χ3v) is 2.74. The molecule has 0 radical (unpaired) electrons. The molecule has 1 N–H and O–H groups in total. The fourth-order valence-electron chi connectivity index (χ4n) is 1.92. The molecule has 0 heterocycles. The van der Waals surface area contributed by atoms with Crippen LogP contribution in [0.25, 0.3) is 0 Å². The second-order valence-electron chi connectivity index (χ2n) is 5.08. The molecule has 1 aromatic rings. The number of hydrogen-bond donors (Lipinski definition) is 1. The van der Waals surface area contributed by atoms with Crippen molar-refractivity contribution in [2.45, 2.75) is 40.0 Å². The Labute approximate surface area is 97.3 Å². The van der Waals surface area contributed by atoms with Crippen LogP contribution in [-0.2, 0) is 17.6 Å². The monoisotopic (exact) mass is 220 g/mol. The third kappa shape index (κ3) is 4.05. The third-order valence-electron chi connectivity index (χ3n) is 2.74. The van der Waals surface area contributed by atoms with E-state index in [0.29, 0.717) is 0 Å². The minimum atomic E-state index is -0.727. The molecule has 0 atom stereocenters. The molecule has 0 bridgehead atoms. The normalized spacial score (nSPS) is 11.4. The van der Waals surface area contributed by atoms with Crippen LogP contribution in [0.4, 0.5) is 0 Å². The summed E-state index contributed by atoms with van der Waals surface area (Å²) in [4.78, 5) is 10.7. The zero-order valence-corrected chi connectivity index (χ0v) is 10.3. The molecule has 0 aliphatic rings. The van der Waals surface area contributed by atoms with Gasteiger partial charge in [-0.3, -0.25) is 4.79 Å². The average molecular weight is 220 g/mol. The number of carboxylic acids is 1. The minimum absolute atomic E-state index is 0.181. The minimum Gasteiger partial charge on any atom is -0.481 e. The van der Waals surface area contributed by atoms with Gasteiger partial charge in [0.1, 0.15) is 0 Å². The van der Waals surface area contributed by atoms with Gasteiger partial charge in [-0.2, -0.15) is 0 Å². The van der Waals surface area contributed by atoms with Gasteiger partial charge in [-0.1, -0.05) is 45.0 Å². The summed E-state index contributed by atoms with van der Waals surface area (Å²) in [7, 11) is 0. The van der Waals surface area contributed by atoms with Gasteiger partial charge < -0.3 is 5.11 Å². The van der Waals surface area contributed by atoms with Crippen LogP contribution in [0.15, 0.2) is 24.3 Å². The van der Waals surface area contributed by atoms with E-state index in [1.165, 1.54) is 11.1 Å². The van der Waals surface area contributed by atoms with Gasteiger partial charge in [-0.25, -0.2) is 0 Å². The molecule has 0 saturated carbocycles. The first-order valence-electron chi connectivity index (χ1n) is 5.72. The molecule has 1 rings (SSSR count). The van der Waals surface area contributed by atoms with Crippen LogP contribution >= 0.6 is 0 Å². The van der Waals surface area contributed by atoms with Crippen molar-refractivity contribution in [3.05, 3.63) is 35.4 Å². The van der Waals surface area contributed by atoms with Gasteiger partial charge in [-0.05, 0) is 29.4 Å². The standard InChI is InChI=1S/C14H20O2/c1-4-11-5-7-12(8-6-11)9-14(2,3)10-13(15)16/h5-8H,4,9-10H2,1-3H3,(H,15,16). The maximum atomic E-state index is 10.7. The molecule has 1 aromatic carbocycles. The Morgan fingerprint density at radius 3 is 2.12 bits per heavy atom. The molecule has 0 fully saturated rings. The van der Waals surface area contributed by atoms with Crippen molar-refractivity contribution < 1.29 is 9.90 Å². The summed E-state index contributed by atoms with van der Waals surface area (Å²) in [5.41, 5.74) is 2.35. The van der Waals surface area contributed by atoms with Crippen LogP contribution in [0, 0.1) is 5.41 Å². The van der Waals surface area contributed by atoms with Crippen LogP contribution < -0.4 is 0 Å². The molecule has 2 heteroatoms. The smallest absolute Gasteiger partial charge is 0.303 e. The van der Waals surface area contributed by atoms with Crippen LogP contribution in [0.3, 0.4) is 0 Å². The zero-order valence-electron chi connectivity index (χ0n) is 10.3. The highest BCUT2D eigenvalue weighted by Crippen LogP contribution is 2.26. The second-order valence-corrected chi connectivity index (χ2v) is 5.08. The van der Waals surface area contributed by atoms with E-state index < -0.39 is 5.97 Å². The number of carboxylic acid groups (broad SMARTS) is 1. The Kier molecular flexibility index (Phi) is 4.11. The number of hydrogen-bond acceptors (Lipinski definition) is 1. The van der Waals surface area contributed by atoms with E-state index in [-0.39, 0.29) is 11.8 Å². The van der Waals surface area contributed by atoms with E-state index >= 15 is 0 Å². The highest BCUT2D eigenvalue weighted by molar-refractivity contribution is 5.67. The predicted octanol–water partition coefficient (Wildman–Crippen LogP) is 3.29. The molecule has 0 saturated heterocycles. The van der Waals surface area contributed by atoms with Gasteiger partial charge in [-0.15, -0.1) is 0 Å². The number of rotatable bonds is 5. The molecule has 88 valence electrons. The molecule has 0 aliphatic carbocycles. The topological polar surface area (TPSA) is 37.3 Å². The van der Waals surface area contributed by atoms with Crippen molar-refractivity contribution in [2.75, 3.05) is 0 Å². The molecule has 0 amide bonds. The molecule has 16 heavy (non-hydrogen) atoms. The first kappa shape index (κ1) is 12.8. The van der Waals surface area contributed by atoms with Crippen molar-refractivity contribution in [2.24, 2.45) is 5.41 Å². The highest BCUT2D eigenvalue weighted by Gasteiger charge is 2.21. The summed E-state index contributed by atoms with van der Waals surface area (Å²) >= 11 is 0. The van der Waals surface area contributed by atoms with E-state index in [4.69, 9.17) is 5.11 Å². The lowest BCUT2D eigenvalue weighted by Gasteiger charge is -2.22. The molecule has 0 unspecified atom stereocenters. The van der Waals surface area contributed by atoms with Crippen molar-refractivity contribution in [1.82, 2.24) is 0 Å². The summed E-state index contributed by atoms with van der Waals surface area (Å²) in [5, 5.41) is 8.81. The lowest BCUT2D eigenvalue weighted by molar-refractivity contribution is -0.139. The van der Waals surface area contributed by atoms with Crippen LogP contribution in [0.2, 0.25) is 0 Å². The average Bonchev–Trinajstić information content (AvgIpc) is 2.16. The number of carbonyl (C=O) groups is 1. The fraction of sp³-hybridized carbons (Fsp3) is 0.500. The molecular weight excluding hydrogens is 200 g/mol. The maximum Gasteiger partial charge on any atom is 0.303 e. The van der Waals surface area contributed by atoms with Gasteiger partial charge in [0.25, 0.3) is 0 Å². The van der Waals surface area contributed by atoms with Crippen LogP contribution in [0.5, 0.6) is 0 Å². The Hall–Kier alpha value is -1.31. The Morgan fingerprint density at radius 1 is 1.19 bits per heavy atom. The van der Waals surface area contributed by atoms with Gasteiger partial charge in [0.2, 0.25) is 0 Å². The lowest BCUT2D eigenvalue weighted by Crippen LogP contribution is -2.19. The van der Waals surface area contributed by atoms with Crippen molar-refractivity contribution >= 4 is 5.97 Å². The maximum absolute atomic E-state index is 10.7. The van der Waals surface area contributed by atoms with Crippen molar-refractivity contribution in [3.8, 4) is 0 Å². The largest absolute Gasteiger partial charge is 0.481 e. The summed E-state index contributed by atoms with van der Waals surface area (Å²) in [6.45, 7) is 6.12. The summed E-state index contributed by atoms with van der Waals surface area (Å²) in [6, 6.07) is 8.43. The van der Waals surface area contributed by atoms with E-state index in [2.05, 4.69) is 31.2 Å². The zero-order chi connectivity index (χ0) is 12.2. The quantitative estimate of drug-likeness (QED) is 0.826. The van der Waals surface area contributed by atoms with Crippen LogP contribution in [-0.4, -0.2) is 11.1 Å². The molecular formula is C14H20O2. The van der Waals surface area contributed by atoms with Crippen molar-refractivity contribution in [3.63, 3.8) is 0 Å².